The maximum absolute atomic E-state index is 12.8. The van der Waals surface area contributed by atoms with Crippen molar-refractivity contribution in [2.75, 3.05) is 38.4 Å². The number of nitrogens with one attached hydrogen (secondary N) is 1. The van der Waals surface area contributed by atoms with Gasteiger partial charge < -0.3 is 30.3 Å². The number of carbonyl (C=O) groups is 3. The van der Waals surface area contributed by atoms with Crippen LogP contribution in [0.5, 0.6) is 11.5 Å². The first kappa shape index (κ1) is 26.3. The standard InChI is InChI=1S/C25H28Br2N4O5/c1-35-21-11-15-13-31(25(34)29-19(15)12-22(21)36-2)16-5-7-30(8-6-16)23(33)4-3-20(32)14-9-17(26)24(28)18(27)10-14/h9-12,16H,3-8,13,28H2,1-2H3,(H,29,34). The van der Waals surface area contributed by atoms with Gasteiger partial charge in [-0.05, 0) is 68.5 Å². The fourth-order valence-electron chi connectivity index (χ4n) is 4.60. The molecule has 2 aliphatic heterocycles. The number of carbonyl (C=O) groups excluding carboxylic acids is 3. The average Bonchev–Trinajstić information content (AvgIpc) is 2.88. The van der Waals surface area contributed by atoms with E-state index >= 15 is 0 Å². The topological polar surface area (TPSA) is 114 Å². The number of ketones is 1. The maximum Gasteiger partial charge on any atom is 0.322 e. The lowest BCUT2D eigenvalue weighted by Gasteiger charge is -2.40. The normalized spacial score (nSPS) is 15.8. The van der Waals surface area contributed by atoms with Crippen LogP contribution in [0.15, 0.2) is 33.2 Å². The van der Waals surface area contributed by atoms with Crippen LogP contribution in [0, 0.1) is 0 Å². The first-order valence-corrected chi connectivity index (χ1v) is 13.2. The molecule has 11 heteroatoms. The minimum absolute atomic E-state index is 0.0152. The minimum Gasteiger partial charge on any atom is -0.493 e. The summed E-state index contributed by atoms with van der Waals surface area (Å²) in [5, 5.41) is 2.95. The number of benzene rings is 2. The van der Waals surface area contributed by atoms with Crippen molar-refractivity contribution in [2.24, 2.45) is 0 Å². The molecule has 9 nitrogen and oxygen atoms in total. The van der Waals surface area contributed by atoms with Crippen molar-refractivity contribution in [3.8, 4) is 11.5 Å². The molecule has 0 radical (unpaired) electrons. The number of anilines is 2. The summed E-state index contributed by atoms with van der Waals surface area (Å²) in [7, 11) is 3.14. The van der Waals surface area contributed by atoms with Crippen LogP contribution in [0.3, 0.4) is 0 Å². The summed E-state index contributed by atoms with van der Waals surface area (Å²) < 4.78 is 12.0. The van der Waals surface area contributed by atoms with Gasteiger partial charge in [-0.25, -0.2) is 4.79 Å². The minimum atomic E-state index is -0.161. The number of hydrogen-bond donors (Lipinski definition) is 2. The summed E-state index contributed by atoms with van der Waals surface area (Å²) in [6, 6.07) is 6.85. The number of Topliss-reactive ketones (excluding diaryl/α,β-unsaturated/α-hetero) is 1. The Balaban J connectivity index is 1.32. The number of nitrogens with zero attached hydrogens (tertiary/aromatic N) is 2. The van der Waals surface area contributed by atoms with E-state index in [9.17, 15) is 14.4 Å². The second-order valence-electron chi connectivity index (χ2n) is 8.81. The number of amides is 3. The summed E-state index contributed by atoms with van der Waals surface area (Å²) in [6.45, 7) is 1.54. The monoisotopic (exact) mass is 622 g/mol. The molecule has 0 aromatic heterocycles. The second kappa shape index (κ2) is 11.1. The Bertz CT molecular complexity index is 1170. The van der Waals surface area contributed by atoms with Gasteiger partial charge in [-0.2, -0.15) is 0 Å². The number of rotatable bonds is 7. The lowest BCUT2D eigenvalue weighted by molar-refractivity contribution is -0.132. The summed E-state index contributed by atoms with van der Waals surface area (Å²) in [5.74, 6) is 1.00. The number of fused-ring (bicyclic) bond motifs is 1. The number of halogens is 2. The lowest BCUT2D eigenvalue weighted by Crippen LogP contribution is -2.51. The zero-order valence-corrected chi connectivity index (χ0v) is 23.3. The van der Waals surface area contributed by atoms with Gasteiger partial charge in [0.15, 0.2) is 17.3 Å². The summed E-state index contributed by atoms with van der Waals surface area (Å²) in [6.07, 6.45) is 1.61. The van der Waals surface area contributed by atoms with Crippen molar-refractivity contribution < 1.29 is 23.9 Å². The average molecular weight is 624 g/mol. The number of nitrogen functional groups attached to an aromatic ring is 1. The van der Waals surface area contributed by atoms with Gasteiger partial charge in [0, 0.05) is 59.1 Å². The Morgan fingerprint density at radius 1 is 1.03 bits per heavy atom. The van der Waals surface area contributed by atoms with Gasteiger partial charge in [0.05, 0.1) is 25.6 Å². The Morgan fingerprint density at radius 3 is 2.25 bits per heavy atom. The summed E-state index contributed by atoms with van der Waals surface area (Å²) >= 11 is 6.69. The zero-order chi connectivity index (χ0) is 26.0. The number of urea groups is 1. The highest BCUT2D eigenvalue weighted by Crippen LogP contribution is 2.37. The molecule has 0 aliphatic carbocycles. The highest BCUT2D eigenvalue weighted by Gasteiger charge is 2.33. The molecule has 1 saturated heterocycles. The van der Waals surface area contributed by atoms with E-state index in [1.807, 2.05) is 11.0 Å². The molecule has 0 atom stereocenters. The van der Waals surface area contributed by atoms with Gasteiger partial charge >= 0.3 is 6.03 Å². The van der Waals surface area contributed by atoms with E-state index < -0.39 is 0 Å². The van der Waals surface area contributed by atoms with Crippen molar-refractivity contribution in [1.29, 1.82) is 0 Å². The summed E-state index contributed by atoms with van der Waals surface area (Å²) in [5.41, 5.74) is 8.57. The molecule has 2 aromatic rings. The van der Waals surface area contributed by atoms with Gasteiger partial charge in [0.25, 0.3) is 0 Å². The molecule has 0 spiro atoms. The highest BCUT2D eigenvalue weighted by molar-refractivity contribution is 9.11. The van der Waals surface area contributed by atoms with E-state index in [-0.39, 0.29) is 36.6 Å². The van der Waals surface area contributed by atoms with Crippen molar-refractivity contribution in [3.63, 3.8) is 0 Å². The molecule has 2 aromatic carbocycles. The largest absolute Gasteiger partial charge is 0.493 e. The third-order valence-corrected chi connectivity index (χ3v) is 7.99. The molecule has 2 heterocycles. The van der Waals surface area contributed by atoms with Crippen LogP contribution in [0.4, 0.5) is 16.2 Å². The summed E-state index contributed by atoms with van der Waals surface area (Å²) in [4.78, 5) is 41.8. The van der Waals surface area contributed by atoms with Gasteiger partial charge in [-0.15, -0.1) is 0 Å². The third-order valence-electron chi connectivity index (χ3n) is 6.68. The van der Waals surface area contributed by atoms with Gasteiger partial charge in [-0.1, -0.05) is 0 Å². The molecule has 0 bridgehead atoms. The van der Waals surface area contributed by atoms with Crippen LogP contribution in [-0.4, -0.2) is 60.9 Å². The molecule has 2 aliphatic rings. The van der Waals surface area contributed by atoms with Crippen molar-refractivity contribution in [1.82, 2.24) is 9.80 Å². The van der Waals surface area contributed by atoms with E-state index in [1.165, 1.54) is 0 Å². The predicted octanol–water partition coefficient (Wildman–Crippen LogP) is 4.81. The molecule has 4 rings (SSSR count). The molecule has 1 fully saturated rings. The molecule has 36 heavy (non-hydrogen) atoms. The lowest BCUT2D eigenvalue weighted by atomic mass is 9.99. The molecular weight excluding hydrogens is 596 g/mol. The predicted molar refractivity (Wildman–Crippen MR) is 144 cm³/mol. The fraction of sp³-hybridized carbons (Fsp3) is 0.400. The van der Waals surface area contributed by atoms with E-state index in [0.29, 0.717) is 69.9 Å². The zero-order valence-electron chi connectivity index (χ0n) is 20.1. The van der Waals surface area contributed by atoms with Crippen molar-refractivity contribution in [3.05, 3.63) is 44.3 Å². The van der Waals surface area contributed by atoms with E-state index in [4.69, 9.17) is 15.2 Å². The van der Waals surface area contributed by atoms with Crippen LogP contribution in [0.25, 0.3) is 0 Å². The van der Waals surface area contributed by atoms with Crippen LogP contribution in [0.1, 0.15) is 41.6 Å². The smallest absolute Gasteiger partial charge is 0.322 e. The van der Waals surface area contributed by atoms with E-state index in [2.05, 4.69) is 37.2 Å². The SMILES string of the molecule is COc1cc2c(cc1OC)NC(=O)N(C1CCN(C(=O)CCC(=O)c3cc(Br)c(N)c(Br)c3)CC1)C2. The Morgan fingerprint density at radius 2 is 1.64 bits per heavy atom. The van der Waals surface area contributed by atoms with Crippen LogP contribution in [0.2, 0.25) is 0 Å². The molecule has 3 N–H and O–H groups in total. The molecular formula is C25H28Br2N4O5. The molecule has 192 valence electrons. The number of piperidine rings is 1. The third kappa shape index (κ3) is 5.46. The van der Waals surface area contributed by atoms with Crippen LogP contribution >= 0.6 is 31.9 Å². The molecule has 3 amide bonds. The molecule has 0 unspecified atom stereocenters. The van der Waals surface area contributed by atoms with E-state index in [0.717, 1.165) is 5.56 Å². The Hall–Kier alpha value is -2.79. The van der Waals surface area contributed by atoms with Crippen molar-refractivity contribution >= 4 is 61.0 Å². The van der Waals surface area contributed by atoms with Gasteiger partial charge in [-0.3, -0.25) is 9.59 Å². The first-order chi connectivity index (χ1) is 17.2. The quantitative estimate of drug-likeness (QED) is 0.338. The fourth-order valence-corrected chi connectivity index (χ4v) is 5.79. The van der Waals surface area contributed by atoms with Crippen LogP contribution in [-0.2, 0) is 11.3 Å². The number of likely N-dealkylation sites (tertiary alicyclic amines) is 1. The highest BCUT2D eigenvalue weighted by atomic mass is 79.9. The maximum atomic E-state index is 12.8. The van der Waals surface area contributed by atoms with Crippen LogP contribution < -0.4 is 20.5 Å². The van der Waals surface area contributed by atoms with E-state index in [1.54, 1.807) is 37.3 Å². The van der Waals surface area contributed by atoms with Gasteiger partial charge in [0.1, 0.15) is 0 Å². The van der Waals surface area contributed by atoms with Crippen molar-refractivity contribution in [2.45, 2.75) is 38.3 Å². The van der Waals surface area contributed by atoms with Gasteiger partial charge in [0.2, 0.25) is 5.91 Å². The number of nitrogens with two attached hydrogens (primary N) is 1. The molecule has 0 saturated carbocycles. The number of hydrogen-bond acceptors (Lipinski definition) is 6. The number of methoxy groups -OCH3 is 2. The Kier molecular flexibility index (Phi) is 8.09. The number of ether oxygens (including phenoxy) is 2. The second-order valence-corrected chi connectivity index (χ2v) is 10.5. The first-order valence-electron chi connectivity index (χ1n) is 11.6. The Labute approximate surface area is 226 Å².